The fourth-order valence-corrected chi connectivity index (χ4v) is 2.26. The van der Waals surface area contributed by atoms with Gasteiger partial charge in [-0.3, -0.25) is 4.79 Å². The molecule has 2 aromatic rings. The molecule has 0 saturated carbocycles. The van der Waals surface area contributed by atoms with E-state index in [1.807, 2.05) is 44.2 Å². The van der Waals surface area contributed by atoms with Gasteiger partial charge in [0.2, 0.25) is 0 Å². The van der Waals surface area contributed by atoms with Crippen LogP contribution in [0.15, 0.2) is 42.5 Å². The van der Waals surface area contributed by atoms with Crippen molar-refractivity contribution in [1.29, 1.82) is 0 Å². The molecule has 1 amide bonds. The van der Waals surface area contributed by atoms with Gasteiger partial charge < -0.3 is 5.32 Å². The second-order valence-corrected chi connectivity index (χ2v) is 5.68. The van der Waals surface area contributed by atoms with Crippen molar-refractivity contribution < 1.29 is 4.79 Å². The maximum absolute atomic E-state index is 12.2. The molecule has 0 radical (unpaired) electrons. The number of nitrogens with one attached hydrogen (secondary N) is 1. The van der Waals surface area contributed by atoms with E-state index in [0.717, 1.165) is 16.8 Å². The van der Waals surface area contributed by atoms with Crippen LogP contribution in [-0.2, 0) is 0 Å². The van der Waals surface area contributed by atoms with Crippen LogP contribution in [0.1, 0.15) is 33.8 Å². The highest BCUT2D eigenvalue weighted by atomic mass is 35.5. The molecule has 0 aliphatic heterocycles. The van der Waals surface area contributed by atoms with Crippen molar-refractivity contribution in [1.82, 2.24) is 0 Å². The summed E-state index contributed by atoms with van der Waals surface area (Å²) < 4.78 is 0. The van der Waals surface area contributed by atoms with Crippen LogP contribution in [0.5, 0.6) is 0 Å². The van der Waals surface area contributed by atoms with Crippen molar-refractivity contribution in [3.05, 3.63) is 64.2 Å². The molecular weight excluding hydrogens is 293 g/mol. The van der Waals surface area contributed by atoms with Crippen LogP contribution in [0.25, 0.3) is 0 Å². The SMILES string of the molecule is Cc1ccc(C(=O)Nc2ccccc2C(C)Cl)cc1Cl. The third-order valence-electron chi connectivity index (χ3n) is 3.07. The Kier molecular flexibility index (Phi) is 4.69. The summed E-state index contributed by atoms with van der Waals surface area (Å²) >= 11 is 12.2. The lowest BCUT2D eigenvalue weighted by molar-refractivity contribution is 0.102. The minimum atomic E-state index is -0.198. The maximum Gasteiger partial charge on any atom is 0.255 e. The molecule has 0 aromatic heterocycles. The standard InChI is InChI=1S/C16H15Cl2NO/c1-10-7-8-12(9-14(10)18)16(20)19-15-6-4-3-5-13(15)11(2)17/h3-9,11H,1-2H3,(H,19,20). The number of alkyl halides is 1. The molecule has 1 N–H and O–H groups in total. The summed E-state index contributed by atoms with van der Waals surface area (Å²) in [6.45, 7) is 3.77. The van der Waals surface area contributed by atoms with Gasteiger partial charge in [0, 0.05) is 16.3 Å². The van der Waals surface area contributed by atoms with Gasteiger partial charge in [-0.1, -0.05) is 35.9 Å². The van der Waals surface area contributed by atoms with E-state index in [4.69, 9.17) is 23.2 Å². The molecule has 1 unspecified atom stereocenters. The van der Waals surface area contributed by atoms with Crippen LogP contribution in [0.2, 0.25) is 5.02 Å². The fourth-order valence-electron chi connectivity index (χ4n) is 1.89. The zero-order valence-electron chi connectivity index (χ0n) is 11.3. The van der Waals surface area contributed by atoms with Gasteiger partial charge in [0.25, 0.3) is 5.91 Å². The molecule has 0 aliphatic rings. The summed E-state index contributed by atoms with van der Waals surface area (Å²) in [5.74, 6) is -0.198. The molecule has 20 heavy (non-hydrogen) atoms. The van der Waals surface area contributed by atoms with Gasteiger partial charge in [0.15, 0.2) is 0 Å². The lowest BCUT2D eigenvalue weighted by Crippen LogP contribution is -2.13. The third kappa shape index (κ3) is 3.33. The van der Waals surface area contributed by atoms with Crippen LogP contribution in [0.4, 0.5) is 5.69 Å². The summed E-state index contributed by atoms with van der Waals surface area (Å²) in [4.78, 5) is 12.2. The smallest absolute Gasteiger partial charge is 0.255 e. The average Bonchev–Trinajstić information content (AvgIpc) is 2.42. The minimum Gasteiger partial charge on any atom is -0.322 e. The Hall–Kier alpha value is -1.51. The summed E-state index contributed by atoms with van der Waals surface area (Å²) in [6.07, 6.45) is 0. The number of halogens is 2. The topological polar surface area (TPSA) is 29.1 Å². The van der Waals surface area contributed by atoms with Gasteiger partial charge in [0.05, 0.1) is 5.38 Å². The molecule has 104 valence electrons. The first-order chi connectivity index (χ1) is 9.49. The lowest BCUT2D eigenvalue weighted by Gasteiger charge is -2.12. The minimum absolute atomic E-state index is 0.173. The van der Waals surface area contributed by atoms with Crippen molar-refractivity contribution in [3.8, 4) is 0 Å². The molecule has 0 fully saturated rings. The van der Waals surface area contributed by atoms with E-state index < -0.39 is 0 Å². The van der Waals surface area contributed by atoms with Crippen molar-refractivity contribution in [2.45, 2.75) is 19.2 Å². The maximum atomic E-state index is 12.2. The number of aryl methyl sites for hydroxylation is 1. The summed E-state index contributed by atoms with van der Waals surface area (Å²) in [5.41, 5.74) is 3.08. The van der Waals surface area contributed by atoms with Crippen molar-refractivity contribution in [2.75, 3.05) is 5.32 Å². The lowest BCUT2D eigenvalue weighted by atomic mass is 10.1. The van der Waals surface area contributed by atoms with Crippen LogP contribution < -0.4 is 5.32 Å². The van der Waals surface area contributed by atoms with Crippen molar-refractivity contribution in [3.63, 3.8) is 0 Å². The Balaban J connectivity index is 2.26. The molecule has 2 nitrogen and oxygen atoms in total. The number of carbonyl (C=O) groups is 1. The Morgan fingerprint density at radius 3 is 2.55 bits per heavy atom. The summed E-state index contributed by atoms with van der Waals surface area (Å²) in [7, 11) is 0. The monoisotopic (exact) mass is 307 g/mol. The zero-order chi connectivity index (χ0) is 14.7. The largest absolute Gasteiger partial charge is 0.322 e. The number of benzene rings is 2. The molecular formula is C16H15Cl2NO. The second kappa shape index (κ2) is 6.29. The number of hydrogen-bond acceptors (Lipinski definition) is 1. The molecule has 4 heteroatoms. The second-order valence-electron chi connectivity index (χ2n) is 4.62. The van der Waals surface area contributed by atoms with Crippen LogP contribution in [0, 0.1) is 6.92 Å². The van der Waals surface area contributed by atoms with Crippen LogP contribution >= 0.6 is 23.2 Å². The number of para-hydroxylation sites is 1. The predicted molar refractivity (Wildman–Crippen MR) is 84.9 cm³/mol. The highest BCUT2D eigenvalue weighted by Gasteiger charge is 2.12. The van der Waals surface area contributed by atoms with E-state index in [1.165, 1.54) is 0 Å². The highest BCUT2D eigenvalue weighted by Crippen LogP contribution is 2.27. The van der Waals surface area contributed by atoms with Gasteiger partial charge >= 0.3 is 0 Å². The summed E-state index contributed by atoms with van der Waals surface area (Å²) in [5, 5.41) is 3.28. The zero-order valence-corrected chi connectivity index (χ0v) is 12.8. The van der Waals surface area contributed by atoms with E-state index in [9.17, 15) is 4.79 Å². The molecule has 0 spiro atoms. The van der Waals surface area contributed by atoms with Crippen molar-refractivity contribution >= 4 is 34.8 Å². The van der Waals surface area contributed by atoms with E-state index >= 15 is 0 Å². The molecule has 0 saturated heterocycles. The first-order valence-corrected chi connectivity index (χ1v) is 7.11. The quantitative estimate of drug-likeness (QED) is 0.776. The van der Waals surface area contributed by atoms with E-state index in [1.54, 1.807) is 12.1 Å². The molecule has 0 aliphatic carbocycles. The first kappa shape index (κ1) is 14.9. The van der Waals surface area contributed by atoms with E-state index in [0.29, 0.717) is 10.6 Å². The molecule has 0 heterocycles. The Labute approximate surface area is 128 Å². The van der Waals surface area contributed by atoms with E-state index in [2.05, 4.69) is 5.32 Å². The van der Waals surface area contributed by atoms with Crippen molar-refractivity contribution in [2.24, 2.45) is 0 Å². The van der Waals surface area contributed by atoms with Gasteiger partial charge in [-0.05, 0) is 43.2 Å². The third-order valence-corrected chi connectivity index (χ3v) is 3.71. The van der Waals surface area contributed by atoms with E-state index in [-0.39, 0.29) is 11.3 Å². The molecule has 2 aromatic carbocycles. The van der Waals surface area contributed by atoms with Gasteiger partial charge in [-0.15, -0.1) is 11.6 Å². The Bertz CT molecular complexity index is 638. The van der Waals surface area contributed by atoms with Gasteiger partial charge in [0.1, 0.15) is 0 Å². The number of hydrogen-bond donors (Lipinski definition) is 1. The number of anilines is 1. The van der Waals surface area contributed by atoms with Gasteiger partial charge in [-0.2, -0.15) is 0 Å². The number of rotatable bonds is 3. The Morgan fingerprint density at radius 2 is 1.90 bits per heavy atom. The number of carbonyl (C=O) groups excluding carboxylic acids is 1. The predicted octanol–water partition coefficient (Wildman–Crippen LogP) is 5.20. The summed E-state index contributed by atoms with van der Waals surface area (Å²) in [6, 6.07) is 12.7. The Morgan fingerprint density at radius 1 is 1.20 bits per heavy atom. The fraction of sp³-hybridized carbons (Fsp3) is 0.188. The first-order valence-electron chi connectivity index (χ1n) is 6.29. The van der Waals surface area contributed by atoms with Crippen LogP contribution in [0.3, 0.4) is 0 Å². The highest BCUT2D eigenvalue weighted by molar-refractivity contribution is 6.31. The average molecular weight is 308 g/mol. The normalized spacial score (nSPS) is 12.0. The number of amides is 1. The molecule has 0 bridgehead atoms. The van der Waals surface area contributed by atoms with Crippen LogP contribution in [-0.4, -0.2) is 5.91 Å². The van der Waals surface area contributed by atoms with Gasteiger partial charge in [-0.25, -0.2) is 0 Å². The molecule has 1 atom stereocenters. The molecule has 2 rings (SSSR count).